The second-order valence-electron chi connectivity index (χ2n) is 21.0. The van der Waals surface area contributed by atoms with E-state index in [1.54, 1.807) is 0 Å². The Balaban J connectivity index is 1.23. The number of para-hydroxylation sites is 2. The number of hydrogen-bond acceptors (Lipinski definition) is 2. The molecule has 0 amide bonds. The van der Waals surface area contributed by atoms with Gasteiger partial charge in [0.05, 0.1) is 11.4 Å². The molecule has 0 atom stereocenters. The minimum absolute atomic E-state index is 0.0229. The number of benzene rings is 12. The Morgan fingerprint density at radius 2 is 0.600 bits per heavy atom. The summed E-state index contributed by atoms with van der Waals surface area (Å²) in [6.45, 7) is 13.7. The first-order valence-electron chi connectivity index (χ1n) is 24.7. The van der Waals surface area contributed by atoms with Crippen LogP contribution < -0.4 is 9.80 Å². The molecule has 0 spiro atoms. The van der Waals surface area contributed by atoms with Gasteiger partial charge in [-0.05, 0) is 149 Å². The standard InChI is InChI=1S/C68H56N2/c1-67(2,3)51-29-33-55(34-30-51)69(53-21-9-7-10-22-53)63-43-61(49-27-25-45-17-13-15-19-47(45)41-49)57-38-40-60-64(70(54-23-11-8-12-24-54)56-35-31-52(32-36-56)68(4,5)6)44-62(58-37-39-59(63)65(57)66(58)60)50-28-26-46-18-14-16-20-48(46)42-50/h7-44H,1-6H3. The Hall–Kier alpha value is -8.20. The summed E-state index contributed by atoms with van der Waals surface area (Å²) in [5, 5.41) is 12.3. The van der Waals surface area contributed by atoms with Crippen molar-refractivity contribution in [3.63, 3.8) is 0 Å². The van der Waals surface area contributed by atoms with Crippen molar-refractivity contribution in [3.8, 4) is 22.3 Å². The molecule has 2 heteroatoms. The number of anilines is 6. The molecule has 338 valence electrons. The molecule has 70 heavy (non-hydrogen) atoms. The van der Waals surface area contributed by atoms with Crippen molar-refractivity contribution < 1.29 is 0 Å². The molecule has 0 aliphatic carbocycles. The molecule has 0 fully saturated rings. The van der Waals surface area contributed by atoms with Crippen LogP contribution in [0.1, 0.15) is 52.7 Å². The lowest BCUT2D eigenvalue weighted by Gasteiger charge is -2.31. The maximum Gasteiger partial charge on any atom is 0.0546 e. The highest BCUT2D eigenvalue weighted by Gasteiger charge is 2.27. The fraction of sp³-hybridized carbons (Fsp3) is 0.118. The van der Waals surface area contributed by atoms with Gasteiger partial charge in [-0.15, -0.1) is 0 Å². The molecule has 0 N–H and O–H groups in total. The van der Waals surface area contributed by atoms with E-state index >= 15 is 0 Å². The SMILES string of the molecule is CC(C)(C)c1ccc(N(c2ccccc2)c2cc(-c3ccc4ccccc4c3)c3ccc4c(N(c5ccccc5)c5ccc(C(C)(C)C)cc5)cc(-c5ccc6ccccc6c5)c5ccc2c3c54)cc1. The smallest absolute Gasteiger partial charge is 0.0546 e. The van der Waals surface area contributed by atoms with Gasteiger partial charge in [-0.1, -0.05) is 199 Å². The molecule has 0 radical (unpaired) electrons. The zero-order valence-corrected chi connectivity index (χ0v) is 40.8. The van der Waals surface area contributed by atoms with E-state index in [1.807, 2.05) is 0 Å². The summed E-state index contributed by atoms with van der Waals surface area (Å²) in [6.07, 6.45) is 0. The van der Waals surface area contributed by atoms with Crippen LogP contribution in [0.2, 0.25) is 0 Å². The van der Waals surface area contributed by atoms with Crippen LogP contribution in [0.15, 0.2) is 231 Å². The summed E-state index contributed by atoms with van der Waals surface area (Å²) >= 11 is 0. The molecule has 0 aliphatic rings. The average Bonchev–Trinajstić information content (AvgIpc) is 3.38. The van der Waals surface area contributed by atoms with Crippen molar-refractivity contribution in [1.82, 2.24) is 0 Å². The van der Waals surface area contributed by atoms with E-state index in [-0.39, 0.29) is 10.8 Å². The van der Waals surface area contributed by atoms with E-state index in [0.29, 0.717) is 0 Å². The Kier molecular flexibility index (Phi) is 10.3. The van der Waals surface area contributed by atoms with Gasteiger partial charge in [0.25, 0.3) is 0 Å². The van der Waals surface area contributed by atoms with Crippen molar-refractivity contribution >= 4 is 88.0 Å². The first kappa shape index (κ1) is 43.1. The molecular formula is C68H56N2. The van der Waals surface area contributed by atoms with Crippen LogP contribution in [0.5, 0.6) is 0 Å². The maximum atomic E-state index is 2.47. The van der Waals surface area contributed by atoms with Crippen molar-refractivity contribution in [2.24, 2.45) is 0 Å². The summed E-state index contributed by atoms with van der Waals surface area (Å²) in [7, 11) is 0. The van der Waals surface area contributed by atoms with Crippen LogP contribution in [0.25, 0.3) is 76.1 Å². The van der Waals surface area contributed by atoms with Crippen LogP contribution in [-0.4, -0.2) is 0 Å². The summed E-state index contributed by atoms with van der Waals surface area (Å²) in [4.78, 5) is 4.95. The third kappa shape index (κ3) is 7.52. The number of fused-ring (bicyclic) bond motifs is 2. The van der Waals surface area contributed by atoms with E-state index in [9.17, 15) is 0 Å². The second kappa shape index (κ2) is 16.8. The normalized spacial score (nSPS) is 12.1. The van der Waals surface area contributed by atoms with Crippen LogP contribution in [-0.2, 0) is 10.8 Å². The highest BCUT2D eigenvalue weighted by Crippen LogP contribution is 2.52. The fourth-order valence-corrected chi connectivity index (χ4v) is 10.7. The van der Waals surface area contributed by atoms with E-state index in [1.165, 1.54) is 87.2 Å². The van der Waals surface area contributed by atoms with E-state index in [0.717, 1.165) is 34.1 Å². The first-order chi connectivity index (χ1) is 34.0. The molecule has 12 aromatic rings. The lowest BCUT2D eigenvalue weighted by atomic mass is 9.84. The van der Waals surface area contributed by atoms with Gasteiger partial charge >= 0.3 is 0 Å². The van der Waals surface area contributed by atoms with Gasteiger partial charge in [-0.25, -0.2) is 0 Å². The molecule has 0 unspecified atom stereocenters. The van der Waals surface area contributed by atoms with Crippen molar-refractivity contribution in [2.45, 2.75) is 52.4 Å². The Morgan fingerprint density at radius 1 is 0.271 bits per heavy atom. The van der Waals surface area contributed by atoms with Gasteiger partial charge < -0.3 is 9.80 Å². The van der Waals surface area contributed by atoms with Crippen LogP contribution in [0.4, 0.5) is 34.1 Å². The first-order valence-corrected chi connectivity index (χ1v) is 24.7. The molecule has 0 bridgehead atoms. The van der Waals surface area contributed by atoms with Gasteiger partial charge in [0.2, 0.25) is 0 Å². The van der Waals surface area contributed by atoms with Gasteiger partial charge in [0.1, 0.15) is 0 Å². The van der Waals surface area contributed by atoms with Crippen molar-refractivity contribution in [1.29, 1.82) is 0 Å². The fourth-order valence-electron chi connectivity index (χ4n) is 10.7. The molecule has 0 aromatic heterocycles. The number of hydrogen-bond donors (Lipinski definition) is 0. The molecule has 0 aliphatic heterocycles. The minimum Gasteiger partial charge on any atom is -0.310 e. The topological polar surface area (TPSA) is 6.48 Å². The van der Waals surface area contributed by atoms with Gasteiger partial charge in [-0.3, -0.25) is 0 Å². The lowest BCUT2D eigenvalue weighted by Crippen LogP contribution is -2.14. The van der Waals surface area contributed by atoms with E-state index in [4.69, 9.17) is 0 Å². The molecule has 0 saturated heterocycles. The third-order valence-corrected chi connectivity index (χ3v) is 14.5. The van der Waals surface area contributed by atoms with Gasteiger partial charge in [0, 0.05) is 44.3 Å². The summed E-state index contributed by atoms with van der Waals surface area (Å²) in [5.74, 6) is 0. The molecule has 0 saturated carbocycles. The highest BCUT2D eigenvalue weighted by molar-refractivity contribution is 6.32. The quantitative estimate of drug-likeness (QED) is 0.140. The van der Waals surface area contributed by atoms with Crippen LogP contribution in [0, 0.1) is 0 Å². The molecule has 2 nitrogen and oxygen atoms in total. The van der Waals surface area contributed by atoms with Gasteiger partial charge in [0.15, 0.2) is 0 Å². The monoisotopic (exact) mass is 900 g/mol. The summed E-state index contributed by atoms with van der Waals surface area (Å²) < 4.78 is 0. The maximum absolute atomic E-state index is 2.47. The number of nitrogens with zero attached hydrogens (tertiary/aromatic N) is 2. The Labute approximate surface area is 412 Å². The summed E-state index contributed by atoms with van der Waals surface area (Å²) in [6, 6.07) is 86.1. The Morgan fingerprint density at radius 3 is 0.971 bits per heavy atom. The predicted molar refractivity (Wildman–Crippen MR) is 303 cm³/mol. The van der Waals surface area contributed by atoms with Crippen molar-refractivity contribution in [3.05, 3.63) is 242 Å². The van der Waals surface area contributed by atoms with Crippen LogP contribution >= 0.6 is 0 Å². The zero-order chi connectivity index (χ0) is 47.7. The summed E-state index contributed by atoms with van der Waals surface area (Å²) in [5.41, 5.74) is 14.2. The van der Waals surface area contributed by atoms with E-state index in [2.05, 4.69) is 282 Å². The van der Waals surface area contributed by atoms with Crippen LogP contribution in [0.3, 0.4) is 0 Å². The van der Waals surface area contributed by atoms with Gasteiger partial charge in [-0.2, -0.15) is 0 Å². The largest absolute Gasteiger partial charge is 0.310 e. The number of rotatable bonds is 8. The Bertz CT molecular complexity index is 3620. The highest BCUT2D eigenvalue weighted by atomic mass is 15.1. The predicted octanol–water partition coefficient (Wildman–Crippen LogP) is 19.8. The average molecular weight is 901 g/mol. The molecule has 12 rings (SSSR count). The molecular weight excluding hydrogens is 845 g/mol. The zero-order valence-electron chi connectivity index (χ0n) is 40.8. The van der Waals surface area contributed by atoms with Crippen molar-refractivity contribution in [2.75, 3.05) is 9.80 Å². The minimum atomic E-state index is 0.0229. The molecule has 0 heterocycles. The lowest BCUT2D eigenvalue weighted by molar-refractivity contribution is 0.590. The second-order valence-corrected chi connectivity index (χ2v) is 21.0. The molecule has 12 aromatic carbocycles. The third-order valence-electron chi connectivity index (χ3n) is 14.5. The van der Waals surface area contributed by atoms with E-state index < -0.39 is 0 Å².